The van der Waals surface area contributed by atoms with E-state index in [1.165, 1.54) is 10.5 Å². The molecule has 0 radical (unpaired) electrons. The van der Waals surface area contributed by atoms with Crippen molar-refractivity contribution in [2.45, 2.75) is 124 Å². The van der Waals surface area contributed by atoms with E-state index in [2.05, 4.69) is 37.1 Å². The second-order valence-corrected chi connectivity index (χ2v) is 18.7. The number of hydrogen-bond acceptors (Lipinski definition) is 9. The Labute approximate surface area is 308 Å². The van der Waals surface area contributed by atoms with Gasteiger partial charge >= 0.3 is 19.8 Å². The molecule has 0 unspecified atom stereocenters. The molecule has 2 fully saturated rings. The van der Waals surface area contributed by atoms with Crippen molar-refractivity contribution < 1.29 is 42.3 Å². The van der Waals surface area contributed by atoms with E-state index < -0.39 is 60.5 Å². The molecule has 1 aromatic carbocycles. The Bertz CT molecular complexity index is 1580. The summed E-state index contributed by atoms with van der Waals surface area (Å²) in [6, 6.07) is 3.95. The maximum Gasteiger partial charge on any atom is 0.410 e. The van der Waals surface area contributed by atoms with E-state index in [4.69, 9.17) is 18.5 Å². The van der Waals surface area contributed by atoms with Gasteiger partial charge < -0.3 is 34.1 Å². The van der Waals surface area contributed by atoms with E-state index in [-0.39, 0.29) is 50.5 Å². The molecule has 4 amide bonds. The van der Waals surface area contributed by atoms with Gasteiger partial charge in [0.25, 0.3) is 0 Å². The van der Waals surface area contributed by atoms with Crippen LogP contribution in [0.4, 0.5) is 9.59 Å². The number of ether oxygens (including phenoxy) is 2. The fraction of sp³-hybridized carbons (Fsp3) is 0.684. The van der Waals surface area contributed by atoms with Crippen molar-refractivity contribution >= 4 is 31.6 Å². The minimum atomic E-state index is -3.87. The molecule has 3 aliphatic heterocycles. The van der Waals surface area contributed by atoms with Gasteiger partial charge in [0.1, 0.15) is 23.5 Å². The lowest BCUT2D eigenvalue weighted by Crippen LogP contribution is -2.58. The topological polar surface area (TPSA) is 153 Å². The van der Waals surface area contributed by atoms with Crippen LogP contribution in [0.25, 0.3) is 0 Å². The van der Waals surface area contributed by atoms with E-state index in [0.717, 1.165) is 36.8 Å². The van der Waals surface area contributed by atoms with Crippen LogP contribution in [0.1, 0.15) is 97.3 Å². The van der Waals surface area contributed by atoms with Crippen LogP contribution in [-0.2, 0) is 52.2 Å². The van der Waals surface area contributed by atoms with Gasteiger partial charge in [-0.2, -0.15) is 0 Å². The molecule has 5 atom stereocenters. The average molecular weight is 745 g/mol. The first-order valence-corrected chi connectivity index (χ1v) is 20.1. The maximum atomic E-state index is 14.5. The van der Waals surface area contributed by atoms with E-state index in [1.54, 1.807) is 24.8 Å². The first-order valence-electron chi connectivity index (χ1n) is 18.6. The third kappa shape index (κ3) is 8.37. The molecular weight excluding hydrogens is 687 g/mol. The summed E-state index contributed by atoms with van der Waals surface area (Å²) in [6.07, 6.45) is 3.35. The Morgan fingerprint density at radius 2 is 1.81 bits per heavy atom. The highest BCUT2D eigenvalue weighted by Crippen LogP contribution is 2.72. The van der Waals surface area contributed by atoms with Crippen molar-refractivity contribution in [3.8, 4) is 0 Å². The Morgan fingerprint density at radius 1 is 1.12 bits per heavy atom. The van der Waals surface area contributed by atoms with Crippen molar-refractivity contribution in [1.29, 1.82) is 0 Å². The van der Waals surface area contributed by atoms with Gasteiger partial charge in [-0.1, -0.05) is 65.3 Å². The summed E-state index contributed by atoms with van der Waals surface area (Å²) in [5.74, 6) is -1.51. The summed E-state index contributed by atoms with van der Waals surface area (Å²) in [7, 11) is -3.87. The standard InChI is InChI=1S/C38H57N4O9P/c1-9-27-20-38(27,52(47,49-10-2)50-11-3)40-32(43)30-19-28-22-42(30)33(44)31(36(4,5)6)39-34(45)48-24-37(7,8)18-13-12-15-25-16-14-17-26-21-41(23-29(25)26)35(46)51-28/h9,14,16-17,27-28,30-31H,1,10-13,15,18-24H2,2-8H3,(H,39,45)(H,40,43)/t27-,28+,30-,31+,38-/m0/s1. The zero-order valence-corrected chi connectivity index (χ0v) is 32.7. The predicted octanol–water partition coefficient (Wildman–Crippen LogP) is 6.29. The molecule has 3 heterocycles. The molecule has 288 valence electrons. The quantitative estimate of drug-likeness (QED) is 0.231. The van der Waals surface area contributed by atoms with Crippen LogP contribution < -0.4 is 10.6 Å². The van der Waals surface area contributed by atoms with Gasteiger partial charge in [-0.3, -0.25) is 19.1 Å². The van der Waals surface area contributed by atoms with Crippen LogP contribution in [0.3, 0.4) is 0 Å². The van der Waals surface area contributed by atoms with Crippen molar-refractivity contribution in [2.24, 2.45) is 16.7 Å². The summed E-state index contributed by atoms with van der Waals surface area (Å²) in [4.78, 5) is 58.9. The van der Waals surface area contributed by atoms with E-state index >= 15 is 0 Å². The van der Waals surface area contributed by atoms with Gasteiger partial charge in [-0.05, 0) is 67.1 Å². The molecule has 52 heavy (non-hydrogen) atoms. The number of carbonyl (C=O) groups excluding carboxylic acids is 4. The van der Waals surface area contributed by atoms with Crippen LogP contribution in [-0.4, -0.2) is 83.6 Å². The number of alkyl carbamates (subject to hydrolysis) is 1. The molecule has 2 N–H and O–H groups in total. The normalized spacial score (nSPS) is 28.4. The number of benzene rings is 1. The molecule has 0 aromatic heterocycles. The largest absolute Gasteiger partial charge is 0.449 e. The molecule has 1 aromatic rings. The fourth-order valence-electron chi connectivity index (χ4n) is 7.66. The maximum absolute atomic E-state index is 14.5. The number of cyclic esters (lactones) is 1. The van der Waals surface area contributed by atoms with Crippen molar-refractivity contribution in [2.75, 3.05) is 26.4 Å². The first-order chi connectivity index (χ1) is 24.5. The lowest BCUT2D eigenvalue weighted by Gasteiger charge is -2.36. The van der Waals surface area contributed by atoms with Gasteiger partial charge in [0, 0.05) is 25.4 Å². The molecule has 0 spiro atoms. The lowest BCUT2D eigenvalue weighted by atomic mass is 9.85. The zero-order valence-electron chi connectivity index (χ0n) is 31.8. The molecule has 13 nitrogen and oxygen atoms in total. The highest BCUT2D eigenvalue weighted by molar-refractivity contribution is 7.56. The Kier molecular flexibility index (Phi) is 11.9. The minimum absolute atomic E-state index is 0.00669. The number of carbonyl (C=O) groups is 4. The van der Waals surface area contributed by atoms with Crippen LogP contribution in [0.15, 0.2) is 30.9 Å². The molecule has 1 saturated carbocycles. The van der Waals surface area contributed by atoms with Crippen LogP contribution >= 0.6 is 7.60 Å². The SMILES string of the molecule is C=C[C@H]1C[C@]1(NC(=O)[C@@H]1C[C@@H]2CN1C(=O)[C@H](C(C)(C)C)NC(=O)OCC(C)(C)CCCCc1cccc3c1CN(C3)C(=O)O2)P(=O)(OCC)OCC. The van der Waals surface area contributed by atoms with Crippen molar-refractivity contribution in [3.63, 3.8) is 0 Å². The van der Waals surface area contributed by atoms with Gasteiger partial charge in [0.05, 0.1) is 26.4 Å². The number of amides is 4. The Morgan fingerprint density at radius 3 is 2.44 bits per heavy atom. The van der Waals surface area contributed by atoms with E-state index in [9.17, 15) is 23.7 Å². The molecule has 14 heteroatoms. The summed E-state index contributed by atoms with van der Waals surface area (Å²) in [5, 5.41) is 4.37. The number of nitrogens with zero attached hydrogens (tertiary/aromatic N) is 2. The lowest BCUT2D eigenvalue weighted by molar-refractivity contribution is -0.142. The second kappa shape index (κ2) is 15.5. The predicted molar refractivity (Wildman–Crippen MR) is 195 cm³/mol. The number of hydrogen-bond donors (Lipinski definition) is 2. The number of rotatable bonds is 8. The number of aryl methyl sites for hydroxylation is 1. The molecular formula is C38H57N4O9P. The second-order valence-electron chi connectivity index (χ2n) is 16.3. The third-order valence-corrected chi connectivity index (χ3v) is 13.5. The Balaban J connectivity index is 1.47. The van der Waals surface area contributed by atoms with Crippen LogP contribution in [0.2, 0.25) is 0 Å². The molecule has 5 rings (SSSR count). The summed E-state index contributed by atoms with van der Waals surface area (Å²) in [6.45, 7) is 17.9. The van der Waals surface area contributed by atoms with Gasteiger partial charge in [-0.15, -0.1) is 6.58 Å². The molecule has 4 aliphatic rings. The number of nitrogens with one attached hydrogen (secondary N) is 2. The highest BCUT2D eigenvalue weighted by atomic mass is 31.2. The molecule has 4 bridgehead atoms. The zero-order chi connectivity index (χ0) is 38.1. The van der Waals surface area contributed by atoms with E-state index in [1.807, 2.05) is 32.9 Å². The Hall–Kier alpha value is -3.41. The van der Waals surface area contributed by atoms with Crippen LogP contribution in [0.5, 0.6) is 0 Å². The summed E-state index contributed by atoms with van der Waals surface area (Å²) < 4.78 is 37.2. The first kappa shape index (κ1) is 39.8. The van der Waals surface area contributed by atoms with Crippen molar-refractivity contribution in [1.82, 2.24) is 20.4 Å². The molecule has 1 aliphatic carbocycles. The summed E-state index contributed by atoms with van der Waals surface area (Å²) in [5.41, 5.74) is 2.31. The molecule has 1 saturated heterocycles. The van der Waals surface area contributed by atoms with Gasteiger partial charge in [0.15, 0.2) is 0 Å². The smallest absolute Gasteiger partial charge is 0.410 e. The number of fused-ring (bicyclic) bond motifs is 3. The average Bonchev–Trinajstić information content (AvgIpc) is 3.39. The van der Waals surface area contributed by atoms with Crippen LogP contribution in [0, 0.1) is 16.7 Å². The van der Waals surface area contributed by atoms with Gasteiger partial charge in [0.2, 0.25) is 11.8 Å². The highest BCUT2D eigenvalue weighted by Gasteiger charge is 2.68. The summed E-state index contributed by atoms with van der Waals surface area (Å²) >= 11 is 0. The fourth-order valence-corrected chi connectivity index (χ4v) is 10.1. The monoisotopic (exact) mass is 744 g/mol. The third-order valence-electron chi connectivity index (χ3n) is 10.7. The minimum Gasteiger partial charge on any atom is -0.449 e. The van der Waals surface area contributed by atoms with E-state index in [0.29, 0.717) is 13.1 Å². The van der Waals surface area contributed by atoms with Gasteiger partial charge in [-0.25, -0.2) is 9.59 Å². The van der Waals surface area contributed by atoms with Crippen molar-refractivity contribution in [3.05, 3.63) is 47.5 Å².